The number of amides is 2. The van der Waals surface area contributed by atoms with Crippen LogP contribution in [0.4, 0.5) is 5.82 Å². The molecule has 18 heavy (non-hydrogen) atoms. The molecule has 1 rings (SSSR count). The first kappa shape index (κ1) is 14.5. The van der Waals surface area contributed by atoms with E-state index in [1.54, 1.807) is 19.9 Å². The number of aromatic nitrogens is 1. The van der Waals surface area contributed by atoms with Gasteiger partial charge in [0, 0.05) is 6.07 Å². The lowest BCUT2D eigenvalue weighted by Crippen LogP contribution is -2.28. The van der Waals surface area contributed by atoms with Crippen LogP contribution in [0.2, 0.25) is 0 Å². The largest absolute Gasteiger partial charge is 0.360 e. The van der Waals surface area contributed by atoms with Crippen LogP contribution in [0.3, 0.4) is 0 Å². The summed E-state index contributed by atoms with van der Waals surface area (Å²) in [6.07, 6.45) is 0. The van der Waals surface area contributed by atoms with Crippen molar-refractivity contribution in [3.63, 3.8) is 0 Å². The van der Waals surface area contributed by atoms with E-state index in [1.165, 1.54) is 18.9 Å². The number of carbonyl (C=O) groups is 2. The third-order valence-corrected chi connectivity index (χ3v) is 3.07. The van der Waals surface area contributed by atoms with Crippen molar-refractivity contribution in [2.75, 3.05) is 18.2 Å². The number of nitrogens with zero attached hydrogens (tertiary/aromatic N) is 1. The van der Waals surface area contributed by atoms with Gasteiger partial charge in [0.2, 0.25) is 5.91 Å². The van der Waals surface area contributed by atoms with Gasteiger partial charge in [0.05, 0.1) is 18.1 Å². The molecule has 0 spiro atoms. The van der Waals surface area contributed by atoms with Crippen molar-refractivity contribution in [2.45, 2.75) is 19.1 Å². The van der Waals surface area contributed by atoms with Crippen LogP contribution in [0.25, 0.3) is 0 Å². The van der Waals surface area contributed by atoms with E-state index in [2.05, 4.69) is 20.8 Å². The zero-order valence-electron chi connectivity index (χ0n) is 10.4. The van der Waals surface area contributed by atoms with Crippen LogP contribution in [0.5, 0.6) is 0 Å². The smallest absolute Gasteiger partial charge is 0.253 e. The Balaban J connectivity index is 2.35. The van der Waals surface area contributed by atoms with E-state index < -0.39 is 0 Å². The fraction of sp³-hybridized carbons (Fsp3) is 0.500. The number of aryl methyl sites for hydroxylation is 1. The molecule has 8 heteroatoms. The van der Waals surface area contributed by atoms with E-state index in [4.69, 9.17) is 4.52 Å². The number of carbonyl (C=O) groups excluding carboxylic acids is 2. The summed E-state index contributed by atoms with van der Waals surface area (Å²) in [6, 6.07) is 1.62. The molecule has 0 aliphatic heterocycles. The molecule has 1 heterocycles. The Kier molecular flexibility index (Phi) is 5.66. The monoisotopic (exact) mass is 273 g/mol. The quantitative estimate of drug-likeness (QED) is 0.742. The van der Waals surface area contributed by atoms with E-state index in [-0.39, 0.29) is 22.8 Å². The van der Waals surface area contributed by atoms with Gasteiger partial charge < -0.3 is 9.84 Å². The SMILES string of the molecule is CONC(=O)CS[C@H](C)C(=O)Nc1cc(C)on1. The predicted molar refractivity (Wildman–Crippen MR) is 66.9 cm³/mol. The number of hydrogen-bond acceptors (Lipinski definition) is 6. The van der Waals surface area contributed by atoms with Gasteiger partial charge >= 0.3 is 0 Å². The van der Waals surface area contributed by atoms with Gasteiger partial charge in [-0.2, -0.15) is 0 Å². The molecule has 1 aromatic rings. The summed E-state index contributed by atoms with van der Waals surface area (Å²) in [4.78, 5) is 27.3. The van der Waals surface area contributed by atoms with Crippen LogP contribution in [-0.2, 0) is 14.4 Å². The first-order valence-electron chi connectivity index (χ1n) is 5.20. The Labute approximate surface area is 109 Å². The van der Waals surface area contributed by atoms with Gasteiger partial charge in [-0.25, -0.2) is 5.48 Å². The van der Waals surface area contributed by atoms with Gasteiger partial charge in [0.25, 0.3) is 5.91 Å². The summed E-state index contributed by atoms with van der Waals surface area (Å²) < 4.78 is 4.82. The number of hydrogen-bond donors (Lipinski definition) is 2. The molecule has 0 aliphatic rings. The highest BCUT2D eigenvalue weighted by molar-refractivity contribution is 8.01. The third-order valence-electron chi connectivity index (χ3n) is 1.93. The van der Waals surface area contributed by atoms with Gasteiger partial charge in [-0.05, 0) is 13.8 Å². The van der Waals surface area contributed by atoms with Gasteiger partial charge in [-0.1, -0.05) is 5.16 Å². The molecule has 2 amide bonds. The minimum absolute atomic E-state index is 0.139. The van der Waals surface area contributed by atoms with Crippen LogP contribution in [0.15, 0.2) is 10.6 Å². The van der Waals surface area contributed by atoms with Crippen molar-refractivity contribution >= 4 is 29.4 Å². The fourth-order valence-electron chi connectivity index (χ4n) is 1.07. The maximum absolute atomic E-state index is 11.7. The lowest BCUT2D eigenvalue weighted by atomic mass is 10.4. The lowest BCUT2D eigenvalue weighted by molar-refractivity contribution is -0.128. The molecule has 2 N–H and O–H groups in total. The summed E-state index contributed by atoms with van der Waals surface area (Å²) in [5.41, 5.74) is 2.17. The van der Waals surface area contributed by atoms with E-state index >= 15 is 0 Å². The Morgan fingerprint density at radius 1 is 1.61 bits per heavy atom. The van der Waals surface area contributed by atoms with E-state index in [0.717, 1.165) is 0 Å². The molecule has 0 fully saturated rings. The second kappa shape index (κ2) is 7.02. The van der Waals surface area contributed by atoms with Crippen molar-refractivity contribution in [1.29, 1.82) is 0 Å². The first-order valence-corrected chi connectivity index (χ1v) is 6.25. The summed E-state index contributed by atoms with van der Waals surface area (Å²) in [6.45, 7) is 3.43. The predicted octanol–water partition coefficient (Wildman–Crippen LogP) is 0.721. The number of rotatable bonds is 6. The molecule has 100 valence electrons. The van der Waals surface area contributed by atoms with E-state index in [1.807, 2.05) is 0 Å². The number of hydroxylamine groups is 1. The molecule has 0 bridgehead atoms. The minimum Gasteiger partial charge on any atom is -0.360 e. The van der Waals surface area contributed by atoms with E-state index in [0.29, 0.717) is 11.6 Å². The van der Waals surface area contributed by atoms with Crippen LogP contribution in [0.1, 0.15) is 12.7 Å². The van der Waals surface area contributed by atoms with E-state index in [9.17, 15) is 9.59 Å². The van der Waals surface area contributed by atoms with Crippen LogP contribution in [0, 0.1) is 6.92 Å². The summed E-state index contributed by atoms with van der Waals surface area (Å²) in [7, 11) is 1.35. The van der Waals surface area contributed by atoms with Gasteiger partial charge in [0.15, 0.2) is 5.82 Å². The van der Waals surface area contributed by atoms with Crippen LogP contribution < -0.4 is 10.8 Å². The molecule has 7 nitrogen and oxygen atoms in total. The van der Waals surface area contributed by atoms with Crippen LogP contribution >= 0.6 is 11.8 Å². The second-order valence-corrected chi connectivity index (χ2v) is 4.82. The Morgan fingerprint density at radius 2 is 2.33 bits per heavy atom. The number of thioether (sulfide) groups is 1. The van der Waals surface area contributed by atoms with Crippen molar-refractivity contribution < 1.29 is 18.9 Å². The van der Waals surface area contributed by atoms with Crippen molar-refractivity contribution in [3.8, 4) is 0 Å². The first-order chi connectivity index (χ1) is 8.52. The number of anilines is 1. The highest BCUT2D eigenvalue weighted by Crippen LogP contribution is 2.13. The molecule has 1 atom stereocenters. The zero-order valence-corrected chi connectivity index (χ0v) is 11.2. The highest BCUT2D eigenvalue weighted by atomic mass is 32.2. The molecule has 0 unspecified atom stereocenters. The topological polar surface area (TPSA) is 93.5 Å². The maximum atomic E-state index is 11.7. The average molecular weight is 273 g/mol. The molecular formula is C10H15N3O4S. The van der Waals surface area contributed by atoms with Crippen molar-refractivity contribution in [1.82, 2.24) is 10.6 Å². The molecule has 0 radical (unpaired) electrons. The minimum atomic E-state index is -0.385. The Bertz CT molecular complexity index is 421. The van der Waals surface area contributed by atoms with Gasteiger partial charge in [-0.15, -0.1) is 11.8 Å². The second-order valence-electron chi connectivity index (χ2n) is 3.49. The Morgan fingerprint density at radius 3 is 2.89 bits per heavy atom. The summed E-state index contributed by atoms with van der Waals surface area (Å²) >= 11 is 1.20. The summed E-state index contributed by atoms with van der Waals surface area (Å²) in [5.74, 6) is 0.592. The maximum Gasteiger partial charge on any atom is 0.253 e. The molecule has 1 aromatic heterocycles. The number of nitrogens with one attached hydrogen (secondary N) is 2. The molecule has 0 saturated carbocycles. The van der Waals surface area contributed by atoms with Crippen LogP contribution in [-0.4, -0.2) is 35.1 Å². The fourth-order valence-corrected chi connectivity index (χ4v) is 1.74. The van der Waals surface area contributed by atoms with Gasteiger partial charge in [0.1, 0.15) is 5.76 Å². The van der Waals surface area contributed by atoms with Gasteiger partial charge in [-0.3, -0.25) is 14.4 Å². The lowest BCUT2D eigenvalue weighted by Gasteiger charge is -2.09. The highest BCUT2D eigenvalue weighted by Gasteiger charge is 2.16. The van der Waals surface area contributed by atoms with Crippen molar-refractivity contribution in [2.24, 2.45) is 0 Å². The third kappa shape index (κ3) is 4.76. The Hall–Kier alpha value is -1.54. The molecule has 0 saturated heterocycles. The average Bonchev–Trinajstić information content (AvgIpc) is 2.72. The normalized spacial score (nSPS) is 11.9. The molecule has 0 aliphatic carbocycles. The molecule has 0 aromatic carbocycles. The zero-order chi connectivity index (χ0) is 13.5. The van der Waals surface area contributed by atoms with Crippen molar-refractivity contribution in [3.05, 3.63) is 11.8 Å². The molecular weight excluding hydrogens is 258 g/mol. The standard InChI is InChI=1S/C10H15N3O4S/c1-6-4-8(12-17-6)11-10(15)7(2)18-5-9(14)13-16-3/h4,7H,5H2,1-3H3,(H,13,14)(H,11,12,15)/t7-/m1/s1. The summed E-state index contributed by atoms with van der Waals surface area (Å²) in [5, 5.41) is 5.85.